The first-order valence-corrected chi connectivity index (χ1v) is 22.6. The fourth-order valence-corrected chi connectivity index (χ4v) is 8.73. The molecule has 0 radical (unpaired) electrons. The van der Waals surface area contributed by atoms with Crippen LogP contribution in [0, 0.1) is 17.3 Å². The zero-order valence-corrected chi connectivity index (χ0v) is 31.6. The minimum atomic E-state index is -2.18. The van der Waals surface area contributed by atoms with E-state index in [2.05, 4.69) is 86.8 Å². The second-order valence-corrected chi connectivity index (χ2v) is 26.1. The van der Waals surface area contributed by atoms with Crippen molar-refractivity contribution in [2.75, 3.05) is 7.11 Å². The van der Waals surface area contributed by atoms with Crippen LogP contribution in [0.4, 0.5) is 4.39 Å². The summed E-state index contributed by atoms with van der Waals surface area (Å²) in [6.45, 7) is 24.9. The molecule has 250 valence electrons. The lowest BCUT2D eigenvalue weighted by Gasteiger charge is -2.46. The Morgan fingerprint density at radius 1 is 1.00 bits per heavy atom. The van der Waals surface area contributed by atoms with Crippen molar-refractivity contribution in [2.45, 2.75) is 167 Å². The first-order chi connectivity index (χ1) is 19.6. The third-order valence-electron chi connectivity index (χ3n) is 11.1. The van der Waals surface area contributed by atoms with Crippen molar-refractivity contribution in [1.82, 2.24) is 0 Å². The standard InChI is InChI=1S/C35H65FO5Si2/c1-33(2,3)42(9,10)40-29-25-28(37)32(27(36)19-15-13-16-20-31(38)39-8)26(29)21-22-30(35(7)23-17-14-18-24-35)41-43(11,12)34(4,5)6/h15,19,21-22,26-30,32,37H,13-14,16-18,20,23-25H2,1-12H3/b19-15?,22-21+/t26-,27?,28-,29+,30?,32+/m0/s1. The highest BCUT2D eigenvalue weighted by Gasteiger charge is 2.50. The average Bonchev–Trinajstić information content (AvgIpc) is 3.18. The molecule has 2 rings (SSSR count). The van der Waals surface area contributed by atoms with Gasteiger partial charge in [-0.1, -0.05) is 92.0 Å². The smallest absolute Gasteiger partial charge is 0.305 e. The molecular formula is C35H65FO5Si2. The van der Waals surface area contributed by atoms with Crippen LogP contribution in [0.2, 0.25) is 36.3 Å². The molecule has 2 unspecified atom stereocenters. The van der Waals surface area contributed by atoms with Crippen LogP contribution in [0.5, 0.6) is 0 Å². The van der Waals surface area contributed by atoms with Crippen molar-refractivity contribution in [3.8, 4) is 0 Å². The number of methoxy groups -OCH3 is 1. The van der Waals surface area contributed by atoms with E-state index in [9.17, 15) is 9.90 Å². The van der Waals surface area contributed by atoms with Crippen LogP contribution >= 0.6 is 0 Å². The molecule has 0 saturated heterocycles. The van der Waals surface area contributed by atoms with Crippen LogP contribution in [0.15, 0.2) is 24.3 Å². The molecule has 0 bridgehead atoms. The number of aliphatic hydroxyl groups excluding tert-OH is 1. The highest BCUT2D eigenvalue weighted by Crippen LogP contribution is 2.48. The van der Waals surface area contributed by atoms with E-state index >= 15 is 4.39 Å². The topological polar surface area (TPSA) is 65.0 Å². The predicted octanol–water partition coefficient (Wildman–Crippen LogP) is 9.53. The third kappa shape index (κ3) is 10.3. The van der Waals surface area contributed by atoms with E-state index in [1.165, 1.54) is 26.4 Å². The average molecular weight is 641 g/mol. The molecule has 2 aliphatic carbocycles. The lowest BCUT2D eigenvalue weighted by molar-refractivity contribution is -0.140. The van der Waals surface area contributed by atoms with Gasteiger partial charge >= 0.3 is 5.97 Å². The molecule has 5 nitrogen and oxygen atoms in total. The zero-order valence-electron chi connectivity index (χ0n) is 29.6. The van der Waals surface area contributed by atoms with Crippen LogP contribution in [-0.4, -0.2) is 59.3 Å². The summed E-state index contributed by atoms with van der Waals surface area (Å²) >= 11 is 0. The largest absolute Gasteiger partial charge is 0.469 e. The molecule has 0 heterocycles. The fraction of sp³-hybridized carbons (Fsp3) is 0.857. The Kier molecular flexibility index (Phi) is 13.6. The minimum Gasteiger partial charge on any atom is -0.469 e. The number of alkyl halides is 1. The van der Waals surface area contributed by atoms with E-state index in [1.54, 1.807) is 12.2 Å². The predicted molar refractivity (Wildman–Crippen MR) is 182 cm³/mol. The van der Waals surface area contributed by atoms with Crippen LogP contribution in [0.1, 0.15) is 106 Å². The van der Waals surface area contributed by atoms with E-state index in [0.717, 1.165) is 12.8 Å². The van der Waals surface area contributed by atoms with E-state index in [1.807, 2.05) is 0 Å². The maximum atomic E-state index is 16.0. The lowest BCUT2D eigenvalue weighted by atomic mass is 9.71. The summed E-state index contributed by atoms with van der Waals surface area (Å²) in [6.07, 6.45) is 13.2. The second kappa shape index (κ2) is 15.2. The monoisotopic (exact) mass is 640 g/mol. The van der Waals surface area contributed by atoms with E-state index in [-0.39, 0.29) is 39.6 Å². The number of aliphatic hydroxyl groups is 1. The van der Waals surface area contributed by atoms with E-state index in [4.69, 9.17) is 13.6 Å². The number of carbonyl (C=O) groups is 1. The molecule has 1 N–H and O–H groups in total. The van der Waals surface area contributed by atoms with Gasteiger partial charge in [0.1, 0.15) is 6.17 Å². The van der Waals surface area contributed by atoms with Gasteiger partial charge in [0.05, 0.1) is 25.4 Å². The molecule has 0 aliphatic heterocycles. The number of halogens is 1. The maximum absolute atomic E-state index is 16.0. The van der Waals surface area contributed by atoms with Gasteiger partial charge < -0.3 is 18.7 Å². The molecule has 0 amide bonds. The molecule has 0 aromatic carbocycles. The summed E-state index contributed by atoms with van der Waals surface area (Å²) in [4.78, 5) is 11.5. The Morgan fingerprint density at radius 2 is 1.58 bits per heavy atom. The Bertz CT molecular complexity index is 943. The number of unbranched alkanes of at least 4 members (excludes halogenated alkanes) is 1. The Balaban J connectivity index is 2.44. The summed E-state index contributed by atoms with van der Waals surface area (Å²) in [5, 5.41) is 11.4. The lowest BCUT2D eigenvalue weighted by Crippen LogP contribution is -2.48. The highest BCUT2D eigenvalue weighted by molar-refractivity contribution is 6.74. The van der Waals surface area contributed by atoms with Crippen molar-refractivity contribution in [3.05, 3.63) is 24.3 Å². The van der Waals surface area contributed by atoms with E-state index in [0.29, 0.717) is 25.7 Å². The van der Waals surface area contributed by atoms with Gasteiger partial charge in [-0.25, -0.2) is 4.39 Å². The highest BCUT2D eigenvalue weighted by atomic mass is 28.4. The number of ether oxygens (including phenoxy) is 1. The number of hydrogen-bond donors (Lipinski definition) is 1. The third-order valence-corrected chi connectivity index (χ3v) is 20.1. The fourth-order valence-electron chi connectivity index (χ4n) is 6.02. The van der Waals surface area contributed by atoms with Crippen LogP contribution < -0.4 is 0 Å². The van der Waals surface area contributed by atoms with Crippen molar-refractivity contribution in [1.29, 1.82) is 0 Å². The molecule has 2 aliphatic rings. The van der Waals surface area contributed by atoms with Crippen LogP contribution in [0.25, 0.3) is 0 Å². The van der Waals surface area contributed by atoms with Gasteiger partial charge in [-0.3, -0.25) is 4.79 Å². The molecule has 8 heteroatoms. The quantitative estimate of drug-likeness (QED) is 0.0940. The second-order valence-electron chi connectivity index (χ2n) is 16.6. The summed E-state index contributed by atoms with van der Waals surface area (Å²) in [7, 11) is -2.89. The molecule has 43 heavy (non-hydrogen) atoms. The normalized spacial score (nSPS) is 27.1. The first-order valence-electron chi connectivity index (χ1n) is 16.7. The van der Waals surface area contributed by atoms with Gasteiger partial charge in [-0.2, -0.15) is 0 Å². The van der Waals surface area contributed by atoms with Gasteiger partial charge in [0, 0.05) is 18.3 Å². The number of allylic oxidation sites excluding steroid dienone is 2. The Labute approximate surface area is 265 Å². The molecule has 0 aromatic rings. The van der Waals surface area contributed by atoms with Gasteiger partial charge in [-0.15, -0.1) is 0 Å². The number of rotatable bonds is 13. The molecular weight excluding hydrogens is 576 g/mol. The summed E-state index contributed by atoms with van der Waals surface area (Å²) in [5.74, 6) is -1.12. The van der Waals surface area contributed by atoms with Crippen LogP contribution in [0.3, 0.4) is 0 Å². The van der Waals surface area contributed by atoms with Crippen LogP contribution in [-0.2, 0) is 18.4 Å². The molecule has 2 saturated carbocycles. The number of carbonyl (C=O) groups excluding carboxylic acids is 1. The van der Waals surface area contributed by atoms with Crippen molar-refractivity contribution >= 4 is 22.6 Å². The maximum Gasteiger partial charge on any atom is 0.305 e. The van der Waals surface area contributed by atoms with E-state index < -0.39 is 34.8 Å². The zero-order chi connectivity index (χ0) is 32.9. The molecule has 0 aromatic heterocycles. The number of esters is 1. The van der Waals surface area contributed by atoms with Crippen molar-refractivity contribution < 1.29 is 27.9 Å². The SMILES string of the molecule is COC(=O)CCCC=CC(F)[C@H]1[C@@H](/C=C/C(O[Si](C)(C)C(C)(C)C)C2(C)CCCCC2)[C@H](O[Si](C)(C)C(C)(C)C)C[C@@H]1O. The molecule has 6 atom stereocenters. The van der Waals surface area contributed by atoms with Crippen molar-refractivity contribution in [2.24, 2.45) is 17.3 Å². The van der Waals surface area contributed by atoms with Gasteiger partial charge in [0.15, 0.2) is 16.6 Å². The van der Waals surface area contributed by atoms with Gasteiger partial charge in [0.2, 0.25) is 0 Å². The van der Waals surface area contributed by atoms with Gasteiger partial charge in [0.25, 0.3) is 0 Å². The summed E-state index contributed by atoms with van der Waals surface area (Å²) < 4.78 is 34.8. The minimum absolute atomic E-state index is 0.00249. The summed E-state index contributed by atoms with van der Waals surface area (Å²) in [5.41, 5.74) is 0.0292. The van der Waals surface area contributed by atoms with Gasteiger partial charge in [-0.05, 0) is 73.8 Å². The summed E-state index contributed by atoms with van der Waals surface area (Å²) in [6, 6.07) is 0. The molecule has 0 spiro atoms. The van der Waals surface area contributed by atoms with Crippen molar-refractivity contribution in [3.63, 3.8) is 0 Å². The Hall–Kier alpha value is -0.806. The Morgan fingerprint density at radius 3 is 2.12 bits per heavy atom. The first kappa shape index (κ1) is 38.4. The number of hydrogen-bond acceptors (Lipinski definition) is 5. The molecule has 2 fully saturated rings.